The van der Waals surface area contributed by atoms with Crippen molar-refractivity contribution in [3.05, 3.63) is 0 Å². The van der Waals surface area contributed by atoms with Gasteiger partial charge in [-0.25, -0.2) is 0 Å². The van der Waals surface area contributed by atoms with Gasteiger partial charge >= 0.3 is 6.18 Å². The van der Waals surface area contributed by atoms with Crippen molar-refractivity contribution in [2.24, 2.45) is 11.8 Å². The molecule has 1 saturated heterocycles. The molecule has 118 valence electrons. The molecule has 0 amide bonds. The van der Waals surface area contributed by atoms with Crippen LogP contribution in [0.2, 0.25) is 0 Å². The summed E-state index contributed by atoms with van der Waals surface area (Å²) in [6, 6.07) is 0.964. The average molecular weight is 292 g/mol. The minimum absolute atomic E-state index is 0.403. The second kappa shape index (κ2) is 6.65. The number of nitrogens with one attached hydrogen (secondary N) is 1. The van der Waals surface area contributed by atoms with Crippen molar-refractivity contribution >= 4 is 0 Å². The minimum atomic E-state index is -4.06. The highest BCUT2D eigenvalue weighted by molar-refractivity contribution is 4.86. The molecular weight excluding hydrogens is 265 g/mol. The first-order chi connectivity index (χ1) is 9.33. The van der Waals surface area contributed by atoms with Gasteiger partial charge in [0.25, 0.3) is 0 Å². The summed E-state index contributed by atoms with van der Waals surface area (Å²) in [7, 11) is 0. The molecule has 1 heterocycles. The van der Waals surface area contributed by atoms with Gasteiger partial charge in [0, 0.05) is 12.1 Å². The van der Waals surface area contributed by atoms with Crippen LogP contribution >= 0.6 is 0 Å². The van der Waals surface area contributed by atoms with Crippen LogP contribution in [0.1, 0.15) is 46.0 Å². The standard InChI is InChI=1S/C15H27F3N2/c1-11-3-4-14(12(2)9-11)19-13-5-7-20(8-6-13)10-15(16,17)18/h11-14,19H,3-10H2,1-2H3. The zero-order valence-electron chi connectivity index (χ0n) is 12.5. The van der Waals surface area contributed by atoms with E-state index in [9.17, 15) is 13.2 Å². The van der Waals surface area contributed by atoms with E-state index in [1.807, 2.05) is 0 Å². The van der Waals surface area contributed by atoms with Crippen molar-refractivity contribution < 1.29 is 13.2 Å². The number of hydrogen-bond acceptors (Lipinski definition) is 2. The van der Waals surface area contributed by atoms with Gasteiger partial charge in [-0.3, -0.25) is 4.90 Å². The first-order valence-electron chi connectivity index (χ1n) is 7.88. The number of alkyl halides is 3. The maximum atomic E-state index is 12.3. The van der Waals surface area contributed by atoms with Crippen LogP contribution < -0.4 is 5.32 Å². The normalized spacial score (nSPS) is 34.4. The third-order valence-corrected chi connectivity index (χ3v) is 4.87. The number of nitrogens with zero attached hydrogens (tertiary/aromatic N) is 1. The lowest BCUT2D eigenvalue weighted by molar-refractivity contribution is -0.148. The van der Waals surface area contributed by atoms with Crippen molar-refractivity contribution in [3.8, 4) is 0 Å². The Kier molecular flexibility index (Phi) is 5.35. The fraction of sp³-hybridized carbons (Fsp3) is 1.00. The van der Waals surface area contributed by atoms with Gasteiger partial charge < -0.3 is 5.32 Å². The van der Waals surface area contributed by atoms with Crippen LogP contribution in [0, 0.1) is 11.8 Å². The molecule has 3 atom stereocenters. The summed E-state index contributed by atoms with van der Waals surface area (Å²) in [5.41, 5.74) is 0. The van der Waals surface area contributed by atoms with Crippen molar-refractivity contribution in [1.29, 1.82) is 0 Å². The maximum absolute atomic E-state index is 12.3. The van der Waals surface area contributed by atoms with Gasteiger partial charge in [0.2, 0.25) is 0 Å². The molecule has 3 unspecified atom stereocenters. The van der Waals surface area contributed by atoms with Gasteiger partial charge in [-0.1, -0.05) is 13.8 Å². The molecule has 1 aliphatic heterocycles. The number of piperidine rings is 1. The Hall–Kier alpha value is -0.290. The summed E-state index contributed by atoms with van der Waals surface area (Å²) in [6.45, 7) is 4.98. The van der Waals surface area contributed by atoms with Crippen molar-refractivity contribution in [2.75, 3.05) is 19.6 Å². The van der Waals surface area contributed by atoms with Crippen LogP contribution in [0.5, 0.6) is 0 Å². The van der Waals surface area contributed by atoms with E-state index in [2.05, 4.69) is 19.2 Å². The Labute approximate surface area is 120 Å². The highest BCUT2D eigenvalue weighted by atomic mass is 19.4. The minimum Gasteiger partial charge on any atom is -0.311 e. The van der Waals surface area contributed by atoms with E-state index < -0.39 is 12.7 Å². The first-order valence-corrected chi connectivity index (χ1v) is 7.88. The van der Waals surface area contributed by atoms with Gasteiger partial charge in [-0.15, -0.1) is 0 Å². The third-order valence-electron chi connectivity index (χ3n) is 4.87. The quantitative estimate of drug-likeness (QED) is 0.857. The Balaban J connectivity index is 1.72. The fourth-order valence-electron chi connectivity index (χ4n) is 3.73. The van der Waals surface area contributed by atoms with Crippen LogP contribution in [0.25, 0.3) is 0 Å². The Morgan fingerprint density at radius 2 is 1.70 bits per heavy atom. The largest absolute Gasteiger partial charge is 0.401 e. The molecule has 2 nitrogen and oxygen atoms in total. The molecule has 0 aromatic rings. The van der Waals surface area contributed by atoms with Crippen LogP contribution in [-0.4, -0.2) is 42.8 Å². The molecule has 20 heavy (non-hydrogen) atoms. The molecule has 1 saturated carbocycles. The topological polar surface area (TPSA) is 15.3 Å². The summed E-state index contributed by atoms with van der Waals surface area (Å²) >= 11 is 0. The highest BCUT2D eigenvalue weighted by Crippen LogP contribution is 2.29. The monoisotopic (exact) mass is 292 g/mol. The average Bonchev–Trinajstić information content (AvgIpc) is 2.33. The van der Waals surface area contributed by atoms with E-state index in [0.29, 0.717) is 31.1 Å². The number of hydrogen-bond donors (Lipinski definition) is 1. The third kappa shape index (κ3) is 4.92. The van der Waals surface area contributed by atoms with Crippen molar-refractivity contribution in [3.63, 3.8) is 0 Å². The van der Waals surface area contributed by atoms with E-state index >= 15 is 0 Å². The SMILES string of the molecule is CC1CCC(NC2CCN(CC(F)(F)F)CC2)C(C)C1. The molecule has 2 fully saturated rings. The zero-order chi connectivity index (χ0) is 14.8. The van der Waals surface area contributed by atoms with Crippen LogP contribution in [0.4, 0.5) is 13.2 Å². The van der Waals surface area contributed by atoms with Gasteiger partial charge in [-0.05, 0) is 57.0 Å². The summed E-state index contributed by atoms with van der Waals surface area (Å²) in [4.78, 5) is 1.53. The summed E-state index contributed by atoms with van der Waals surface area (Å²) in [5.74, 6) is 1.50. The molecule has 0 aromatic carbocycles. The Bertz CT molecular complexity index is 298. The van der Waals surface area contributed by atoms with Crippen molar-refractivity contribution in [2.45, 2.75) is 64.2 Å². The predicted molar refractivity (Wildman–Crippen MR) is 74.6 cm³/mol. The molecule has 1 N–H and O–H groups in total. The summed E-state index contributed by atoms with van der Waals surface area (Å²) in [6.07, 6.45) is 1.38. The van der Waals surface area contributed by atoms with E-state index in [0.717, 1.165) is 18.8 Å². The Morgan fingerprint density at radius 1 is 1.05 bits per heavy atom. The number of halogens is 3. The molecule has 0 bridgehead atoms. The molecule has 0 radical (unpaired) electrons. The van der Waals surface area contributed by atoms with Crippen LogP contribution in [-0.2, 0) is 0 Å². The van der Waals surface area contributed by atoms with Gasteiger partial charge in [0.05, 0.1) is 6.54 Å². The van der Waals surface area contributed by atoms with E-state index in [4.69, 9.17) is 0 Å². The lowest BCUT2D eigenvalue weighted by Crippen LogP contribution is -2.50. The lowest BCUT2D eigenvalue weighted by atomic mass is 9.79. The highest BCUT2D eigenvalue weighted by Gasteiger charge is 2.33. The van der Waals surface area contributed by atoms with Crippen molar-refractivity contribution in [1.82, 2.24) is 10.2 Å². The van der Waals surface area contributed by atoms with E-state index in [1.54, 1.807) is 0 Å². The van der Waals surface area contributed by atoms with Crippen LogP contribution in [0.3, 0.4) is 0 Å². The van der Waals surface area contributed by atoms with E-state index in [-0.39, 0.29) is 0 Å². The second-order valence-corrected chi connectivity index (χ2v) is 6.83. The first kappa shape index (κ1) is 16.1. The van der Waals surface area contributed by atoms with Gasteiger partial charge in [0.15, 0.2) is 0 Å². The molecule has 2 rings (SSSR count). The van der Waals surface area contributed by atoms with E-state index in [1.165, 1.54) is 24.2 Å². The molecule has 2 aliphatic rings. The summed E-state index contributed by atoms with van der Waals surface area (Å²) < 4.78 is 37.0. The number of rotatable bonds is 3. The molecule has 5 heteroatoms. The molecular formula is C15H27F3N2. The molecule has 0 aromatic heterocycles. The predicted octanol–water partition coefficient (Wildman–Crippen LogP) is 3.43. The lowest BCUT2D eigenvalue weighted by Gasteiger charge is -2.39. The smallest absolute Gasteiger partial charge is 0.311 e. The maximum Gasteiger partial charge on any atom is 0.401 e. The van der Waals surface area contributed by atoms with Gasteiger partial charge in [-0.2, -0.15) is 13.2 Å². The zero-order valence-corrected chi connectivity index (χ0v) is 12.5. The number of likely N-dealkylation sites (tertiary alicyclic amines) is 1. The molecule has 1 aliphatic carbocycles. The molecule has 0 spiro atoms. The Morgan fingerprint density at radius 3 is 2.25 bits per heavy atom. The fourth-order valence-corrected chi connectivity index (χ4v) is 3.73. The van der Waals surface area contributed by atoms with Gasteiger partial charge in [0.1, 0.15) is 0 Å². The summed E-state index contributed by atoms with van der Waals surface area (Å²) in [5, 5.41) is 3.70. The second-order valence-electron chi connectivity index (χ2n) is 6.83. The van der Waals surface area contributed by atoms with Crippen LogP contribution in [0.15, 0.2) is 0 Å².